The molecular formula is C23H16OS2. The van der Waals surface area contributed by atoms with Crippen LogP contribution >= 0.6 is 21.6 Å². The van der Waals surface area contributed by atoms with Crippen molar-refractivity contribution in [1.82, 2.24) is 0 Å². The van der Waals surface area contributed by atoms with Gasteiger partial charge in [-0.25, -0.2) is 0 Å². The second-order valence-corrected chi connectivity index (χ2v) is 8.05. The van der Waals surface area contributed by atoms with E-state index in [2.05, 4.69) is 18.2 Å². The van der Waals surface area contributed by atoms with Gasteiger partial charge < -0.3 is 0 Å². The Morgan fingerprint density at radius 2 is 1.15 bits per heavy atom. The molecule has 0 spiro atoms. The van der Waals surface area contributed by atoms with Crippen LogP contribution < -0.4 is 0 Å². The zero-order chi connectivity index (χ0) is 17.8. The van der Waals surface area contributed by atoms with E-state index < -0.39 is 0 Å². The quantitative estimate of drug-likeness (QED) is 0.287. The average Bonchev–Trinajstić information content (AvgIpc) is 3.20. The van der Waals surface area contributed by atoms with Crippen molar-refractivity contribution in [2.75, 3.05) is 0 Å². The summed E-state index contributed by atoms with van der Waals surface area (Å²) in [6.45, 7) is 0. The molecule has 0 aromatic heterocycles. The highest BCUT2D eigenvalue weighted by Crippen LogP contribution is 2.52. The Labute approximate surface area is 161 Å². The summed E-state index contributed by atoms with van der Waals surface area (Å²) in [5.74, 6) is 0.0606. The predicted molar refractivity (Wildman–Crippen MR) is 114 cm³/mol. The number of hydrogen-bond acceptors (Lipinski definition) is 3. The third-order valence-electron chi connectivity index (χ3n) is 4.11. The monoisotopic (exact) mass is 372 g/mol. The molecule has 126 valence electrons. The van der Waals surface area contributed by atoms with E-state index in [9.17, 15) is 4.79 Å². The van der Waals surface area contributed by atoms with Crippen LogP contribution in [0.4, 0.5) is 0 Å². The molecule has 4 rings (SSSR count). The lowest BCUT2D eigenvalue weighted by Crippen LogP contribution is -2.04. The maximum atomic E-state index is 13.3. The van der Waals surface area contributed by atoms with Gasteiger partial charge in [-0.1, -0.05) is 113 Å². The third-order valence-corrected chi connectivity index (χ3v) is 6.56. The second-order valence-electron chi connectivity index (χ2n) is 5.84. The van der Waals surface area contributed by atoms with Gasteiger partial charge in [-0.2, -0.15) is 0 Å². The average molecular weight is 373 g/mol. The first kappa shape index (κ1) is 17.0. The normalized spacial score (nSPS) is 15.5. The highest BCUT2D eigenvalue weighted by molar-refractivity contribution is 8.82. The van der Waals surface area contributed by atoms with E-state index in [1.54, 1.807) is 21.6 Å². The van der Waals surface area contributed by atoms with Gasteiger partial charge in [0.1, 0.15) is 0 Å². The van der Waals surface area contributed by atoms with Gasteiger partial charge >= 0.3 is 0 Å². The van der Waals surface area contributed by atoms with Crippen LogP contribution in [-0.4, -0.2) is 5.78 Å². The Bertz CT molecular complexity index is 974. The molecular weight excluding hydrogens is 356 g/mol. The lowest BCUT2D eigenvalue weighted by atomic mass is 9.96. The molecule has 0 aliphatic carbocycles. The molecule has 0 unspecified atom stereocenters. The molecule has 3 aromatic rings. The molecule has 0 fully saturated rings. The van der Waals surface area contributed by atoms with Crippen LogP contribution in [-0.2, 0) is 0 Å². The first-order valence-electron chi connectivity index (χ1n) is 8.34. The minimum Gasteiger partial charge on any atom is -0.289 e. The first-order valence-corrected chi connectivity index (χ1v) is 10.5. The van der Waals surface area contributed by atoms with E-state index in [0.29, 0.717) is 5.56 Å². The summed E-state index contributed by atoms with van der Waals surface area (Å²) in [5.41, 5.74) is 3.61. The fourth-order valence-corrected chi connectivity index (χ4v) is 5.31. The first-order chi connectivity index (χ1) is 12.8. The zero-order valence-electron chi connectivity index (χ0n) is 14.0. The van der Waals surface area contributed by atoms with Gasteiger partial charge in [0.05, 0.1) is 0 Å². The highest BCUT2D eigenvalue weighted by atomic mass is 33.1. The van der Waals surface area contributed by atoms with Gasteiger partial charge in [-0.3, -0.25) is 4.79 Å². The molecule has 3 heteroatoms. The lowest BCUT2D eigenvalue weighted by molar-refractivity contribution is 0.105. The van der Waals surface area contributed by atoms with E-state index in [1.807, 2.05) is 78.9 Å². The molecule has 0 bridgehead atoms. The molecule has 1 nitrogen and oxygen atoms in total. The topological polar surface area (TPSA) is 17.1 Å². The molecule has 0 atom stereocenters. The molecule has 1 aliphatic heterocycles. The summed E-state index contributed by atoms with van der Waals surface area (Å²) in [5, 5.41) is 0. The molecule has 0 amide bonds. The summed E-state index contributed by atoms with van der Waals surface area (Å²) in [6, 6.07) is 29.7. The maximum absolute atomic E-state index is 13.3. The van der Waals surface area contributed by atoms with Gasteiger partial charge in [0, 0.05) is 20.9 Å². The van der Waals surface area contributed by atoms with Crippen LogP contribution in [0.1, 0.15) is 21.5 Å². The SMILES string of the molecule is O=C(/C(=C1\C=C(c2ccccc2)SS1)c1ccccc1)c1ccccc1. The van der Waals surface area contributed by atoms with Crippen molar-refractivity contribution in [3.05, 3.63) is 119 Å². The molecule has 1 aliphatic rings. The van der Waals surface area contributed by atoms with Gasteiger partial charge in [-0.05, 0) is 17.2 Å². The summed E-state index contributed by atoms with van der Waals surface area (Å²) in [6.07, 6.45) is 2.13. The highest BCUT2D eigenvalue weighted by Gasteiger charge is 2.23. The minimum atomic E-state index is 0.0606. The largest absolute Gasteiger partial charge is 0.289 e. The maximum Gasteiger partial charge on any atom is 0.194 e. The van der Waals surface area contributed by atoms with E-state index in [1.165, 1.54) is 10.5 Å². The van der Waals surface area contributed by atoms with Gasteiger partial charge in [0.2, 0.25) is 0 Å². The third kappa shape index (κ3) is 3.55. The van der Waals surface area contributed by atoms with Crippen LogP contribution in [0.15, 0.2) is 102 Å². The molecule has 0 saturated heterocycles. The predicted octanol–water partition coefficient (Wildman–Crippen LogP) is 6.72. The van der Waals surface area contributed by atoms with Crippen molar-refractivity contribution in [3.63, 3.8) is 0 Å². The number of Topliss-reactive ketones (excluding diaryl/α,β-unsaturated/α-hetero) is 1. The van der Waals surface area contributed by atoms with E-state index >= 15 is 0 Å². The molecule has 0 N–H and O–H groups in total. The Morgan fingerprint density at radius 3 is 1.77 bits per heavy atom. The zero-order valence-corrected chi connectivity index (χ0v) is 15.6. The fraction of sp³-hybridized carbons (Fsp3) is 0. The van der Waals surface area contributed by atoms with E-state index in [-0.39, 0.29) is 5.78 Å². The van der Waals surface area contributed by atoms with Crippen molar-refractivity contribution in [3.8, 4) is 0 Å². The van der Waals surface area contributed by atoms with Crippen molar-refractivity contribution in [2.24, 2.45) is 0 Å². The van der Waals surface area contributed by atoms with Crippen molar-refractivity contribution < 1.29 is 4.79 Å². The number of hydrogen-bond donors (Lipinski definition) is 0. The molecule has 0 radical (unpaired) electrons. The van der Waals surface area contributed by atoms with Crippen LogP contribution in [0.5, 0.6) is 0 Å². The van der Waals surface area contributed by atoms with Crippen LogP contribution in [0, 0.1) is 0 Å². The smallest absolute Gasteiger partial charge is 0.194 e. The van der Waals surface area contributed by atoms with Crippen LogP contribution in [0.3, 0.4) is 0 Å². The van der Waals surface area contributed by atoms with E-state index in [0.717, 1.165) is 16.0 Å². The summed E-state index contributed by atoms with van der Waals surface area (Å²) in [7, 11) is 3.36. The van der Waals surface area contributed by atoms with Crippen molar-refractivity contribution >= 4 is 37.8 Å². The standard InChI is InChI=1S/C23H16OS2/c24-23(19-14-8-3-9-15-19)22(18-12-6-2-7-13-18)21-16-20(25-26-21)17-10-4-1-5-11-17/h1-16H/b22-21+. The fourth-order valence-electron chi connectivity index (χ4n) is 2.83. The minimum absolute atomic E-state index is 0.0606. The summed E-state index contributed by atoms with van der Waals surface area (Å²) in [4.78, 5) is 15.5. The number of ketones is 1. The number of carbonyl (C=O) groups excluding carboxylic acids is 1. The molecule has 0 saturated carbocycles. The van der Waals surface area contributed by atoms with Crippen molar-refractivity contribution in [1.29, 1.82) is 0 Å². The van der Waals surface area contributed by atoms with E-state index in [4.69, 9.17) is 0 Å². The molecule has 26 heavy (non-hydrogen) atoms. The Kier molecular flexibility index (Phi) is 5.09. The summed E-state index contributed by atoms with van der Waals surface area (Å²) < 4.78 is 0. The number of allylic oxidation sites excluding steroid dienone is 2. The lowest BCUT2D eigenvalue weighted by Gasteiger charge is -2.09. The van der Waals surface area contributed by atoms with Gasteiger partial charge in [-0.15, -0.1) is 0 Å². The summed E-state index contributed by atoms with van der Waals surface area (Å²) >= 11 is 0. The van der Waals surface area contributed by atoms with Gasteiger partial charge in [0.25, 0.3) is 0 Å². The molecule has 3 aromatic carbocycles. The Balaban J connectivity index is 1.82. The van der Waals surface area contributed by atoms with Crippen LogP contribution in [0.25, 0.3) is 10.5 Å². The Hall–Kier alpha value is -2.49. The van der Waals surface area contributed by atoms with Crippen LogP contribution in [0.2, 0.25) is 0 Å². The number of rotatable bonds is 4. The number of carbonyl (C=O) groups is 1. The van der Waals surface area contributed by atoms with Crippen molar-refractivity contribution in [2.45, 2.75) is 0 Å². The number of benzene rings is 3. The molecule has 1 heterocycles. The van der Waals surface area contributed by atoms with Gasteiger partial charge in [0.15, 0.2) is 5.78 Å². The second kappa shape index (κ2) is 7.81. The Morgan fingerprint density at radius 1 is 0.615 bits per heavy atom.